The minimum Gasteiger partial charge on any atom is -0.493 e. The molecule has 0 radical (unpaired) electrons. The number of nitrogens with one attached hydrogen (secondary N) is 2. The quantitative estimate of drug-likeness (QED) is 0.385. The van der Waals surface area contributed by atoms with Gasteiger partial charge in [-0.2, -0.15) is 0 Å². The van der Waals surface area contributed by atoms with Crippen molar-refractivity contribution in [2.45, 2.75) is 95.4 Å². The van der Waals surface area contributed by atoms with E-state index in [-0.39, 0.29) is 41.5 Å². The number of ether oxygens (including phenoxy) is 3. The van der Waals surface area contributed by atoms with Gasteiger partial charge in [0.25, 0.3) is 5.91 Å². The maximum atomic E-state index is 13.2. The smallest absolute Gasteiger partial charge is 0.262 e. The maximum absolute atomic E-state index is 13.2. The van der Waals surface area contributed by atoms with Gasteiger partial charge in [0.2, 0.25) is 0 Å². The van der Waals surface area contributed by atoms with E-state index in [1.807, 2.05) is 25.1 Å². The van der Waals surface area contributed by atoms with Crippen LogP contribution in [0.2, 0.25) is 5.02 Å². The first kappa shape index (κ1) is 35.8. The Bertz CT molecular complexity index is 1400. The molecule has 264 valence electrons. The summed E-state index contributed by atoms with van der Waals surface area (Å²) in [5, 5.41) is 4.00. The normalized spacial score (nSPS) is 35.5. The molecule has 3 fully saturated rings. The highest BCUT2D eigenvalue weighted by Crippen LogP contribution is 2.46. The van der Waals surface area contributed by atoms with Gasteiger partial charge in [0.15, 0.2) is 6.29 Å². The zero-order valence-corrected chi connectivity index (χ0v) is 30.6. The fourth-order valence-electron chi connectivity index (χ4n) is 8.23. The van der Waals surface area contributed by atoms with Crippen LogP contribution in [0.1, 0.15) is 86.7 Å². The van der Waals surface area contributed by atoms with Crippen LogP contribution in [0.15, 0.2) is 42.5 Å². The van der Waals surface area contributed by atoms with Gasteiger partial charge in [0, 0.05) is 48.6 Å². The summed E-state index contributed by atoms with van der Waals surface area (Å²) in [4.78, 5) is 15.5. The molecule has 8 nitrogen and oxygen atoms in total. The lowest BCUT2D eigenvalue weighted by atomic mass is 9.65. The number of amides is 1. The second kappa shape index (κ2) is 16.3. The van der Waals surface area contributed by atoms with E-state index < -0.39 is 11.0 Å². The average Bonchev–Trinajstić information content (AvgIpc) is 3.67. The van der Waals surface area contributed by atoms with Crippen molar-refractivity contribution in [3.63, 3.8) is 0 Å². The van der Waals surface area contributed by atoms with Crippen LogP contribution in [-0.2, 0) is 26.9 Å². The van der Waals surface area contributed by atoms with E-state index in [2.05, 4.69) is 48.0 Å². The lowest BCUT2D eigenvalue weighted by molar-refractivity contribution is -0.144. The van der Waals surface area contributed by atoms with Crippen LogP contribution >= 0.6 is 11.6 Å². The summed E-state index contributed by atoms with van der Waals surface area (Å²) in [7, 11) is 0.756. The van der Waals surface area contributed by atoms with Crippen molar-refractivity contribution in [1.82, 2.24) is 14.9 Å². The molecule has 4 heterocycles. The monoisotopic (exact) mass is 699 g/mol. The highest BCUT2D eigenvalue weighted by atomic mass is 35.5. The third kappa shape index (κ3) is 8.47. The van der Waals surface area contributed by atoms with E-state index in [1.165, 1.54) is 24.0 Å². The SMILES string of the molecule is CCCc1cc(Cl)ccc1C1COc2ccc(cc2)C(=O)NS(=O)C(C)C(C)CCCC(C2OC3CNCC3O2)C2CCC2CN(C)C1. The Hall–Kier alpha value is -2.01. The Labute approximate surface area is 294 Å². The molecular formula is C38H54ClN3O5S. The van der Waals surface area contributed by atoms with Crippen LogP contribution in [0.25, 0.3) is 0 Å². The van der Waals surface area contributed by atoms with Gasteiger partial charge in [0.1, 0.15) is 28.9 Å². The molecule has 2 aromatic rings. The van der Waals surface area contributed by atoms with Crippen LogP contribution in [-0.4, -0.2) is 78.6 Å². The summed E-state index contributed by atoms with van der Waals surface area (Å²) in [5.74, 6) is 2.15. The molecule has 9 atom stereocenters. The van der Waals surface area contributed by atoms with Crippen molar-refractivity contribution in [2.75, 3.05) is 39.8 Å². The predicted octanol–water partition coefficient (Wildman–Crippen LogP) is 6.34. The summed E-state index contributed by atoms with van der Waals surface area (Å²) < 4.78 is 35.5. The topological polar surface area (TPSA) is 89.1 Å². The van der Waals surface area contributed by atoms with Crippen molar-refractivity contribution in [1.29, 1.82) is 0 Å². The second-order valence-electron chi connectivity index (χ2n) is 14.7. The highest BCUT2D eigenvalue weighted by molar-refractivity contribution is 7.84. The molecule has 2 bridgehead atoms. The van der Waals surface area contributed by atoms with Crippen LogP contribution < -0.4 is 14.8 Å². The van der Waals surface area contributed by atoms with Gasteiger partial charge in [-0.3, -0.25) is 9.52 Å². The molecule has 1 saturated carbocycles. The number of rotatable bonds is 4. The lowest BCUT2D eigenvalue weighted by Gasteiger charge is -2.45. The number of nitrogens with zero attached hydrogens (tertiary/aromatic N) is 1. The van der Waals surface area contributed by atoms with Crippen LogP contribution in [0.5, 0.6) is 5.75 Å². The standard InChI is InChI=1S/C38H54ClN3O5S/c1-5-7-27-18-30(39)13-17-32(27)29-22-42(4)21-28-12-16-33(28)34(38-46-35-19-40-20-36(35)47-38)9-6-8-24(2)25(3)48(44)41-37(43)26-10-14-31(15-11-26)45-23-29/h10-11,13-15,17-18,24-25,28-29,33-36,38,40H,5-9,12,16,19-23H2,1-4H3,(H,41,43). The van der Waals surface area contributed by atoms with E-state index in [1.54, 1.807) is 12.1 Å². The number of carbonyl (C=O) groups excluding carboxylic acids is 1. The maximum Gasteiger partial charge on any atom is 0.262 e. The summed E-state index contributed by atoms with van der Waals surface area (Å²) in [6.07, 6.45) is 7.49. The molecular weight excluding hydrogens is 646 g/mol. The zero-order chi connectivity index (χ0) is 33.8. The first-order valence-corrected chi connectivity index (χ1v) is 19.7. The van der Waals surface area contributed by atoms with Crippen LogP contribution in [0.3, 0.4) is 0 Å². The van der Waals surface area contributed by atoms with Gasteiger partial charge in [-0.15, -0.1) is 0 Å². The number of halogens is 1. The van der Waals surface area contributed by atoms with Gasteiger partial charge in [-0.25, -0.2) is 4.21 Å². The third-order valence-electron chi connectivity index (χ3n) is 11.3. The zero-order valence-electron chi connectivity index (χ0n) is 29.0. The van der Waals surface area contributed by atoms with Crippen LogP contribution in [0.4, 0.5) is 0 Å². The molecule has 9 unspecified atom stereocenters. The van der Waals surface area contributed by atoms with Crippen molar-refractivity contribution in [2.24, 2.45) is 23.7 Å². The minimum absolute atomic E-state index is 0.138. The predicted molar refractivity (Wildman–Crippen MR) is 192 cm³/mol. The highest BCUT2D eigenvalue weighted by Gasteiger charge is 2.48. The van der Waals surface area contributed by atoms with Gasteiger partial charge >= 0.3 is 0 Å². The summed E-state index contributed by atoms with van der Waals surface area (Å²) in [6, 6.07) is 13.4. The molecule has 0 spiro atoms. The fraction of sp³-hybridized carbons (Fsp3) is 0.658. The molecule has 1 amide bonds. The van der Waals surface area contributed by atoms with Crippen LogP contribution in [0, 0.1) is 23.7 Å². The molecule has 2 saturated heterocycles. The first-order valence-electron chi connectivity index (χ1n) is 18.1. The number of benzene rings is 2. The Morgan fingerprint density at radius 3 is 2.40 bits per heavy atom. The van der Waals surface area contributed by atoms with E-state index in [0.29, 0.717) is 35.7 Å². The summed E-state index contributed by atoms with van der Waals surface area (Å²) in [6.45, 7) is 10.4. The molecule has 2 aromatic carbocycles. The second-order valence-corrected chi connectivity index (χ2v) is 16.7. The summed E-state index contributed by atoms with van der Waals surface area (Å²) in [5.41, 5.74) is 3.03. The van der Waals surface area contributed by atoms with Gasteiger partial charge in [0.05, 0.1) is 11.9 Å². The number of fused-ring (bicyclic) bond motifs is 16. The molecule has 10 heteroatoms. The van der Waals surface area contributed by atoms with Gasteiger partial charge < -0.3 is 24.4 Å². The Morgan fingerprint density at radius 1 is 0.958 bits per heavy atom. The van der Waals surface area contributed by atoms with Crippen molar-refractivity contribution in [3.8, 4) is 5.75 Å². The Balaban J connectivity index is 1.25. The largest absolute Gasteiger partial charge is 0.493 e. The third-order valence-corrected chi connectivity index (χ3v) is 13.1. The molecule has 2 N–H and O–H groups in total. The number of likely N-dealkylation sites (N-methyl/N-ethyl adjacent to an activating group) is 1. The summed E-state index contributed by atoms with van der Waals surface area (Å²) >= 11 is 6.47. The van der Waals surface area contributed by atoms with E-state index in [0.717, 1.165) is 63.3 Å². The number of hydrogen-bond donors (Lipinski definition) is 2. The fourth-order valence-corrected chi connectivity index (χ4v) is 9.47. The van der Waals surface area contributed by atoms with Crippen molar-refractivity contribution >= 4 is 28.5 Å². The van der Waals surface area contributed by atoms with Crippen molar-refractivity contribution in [3.05, 3.63) is 64.2 Å². The Kier molecular flexibility index (Phi) is 12.2. The van der Waals surface area contributed by atoms with E-state index in [9.17, 15) is 9.00 Å². The van der Waals surface area contributed by atoms with E-state index in [4.69, 9.17) is 25.8 Å². The average molecular weight is 700 g/mol. The lowest BCUT2D eigenvalue weighted by Crippen LogP contribution is -2.45. The molecule has 48 heavy (non-hydrogen) atoms. The van der Waals surface area contributed by atoms with Gasteiger partial charge in [-0.05, 0) is 111 Å². The molecule has 5 aliphatic rings. The minimum atomic E-state index is -1.49. The number of carbonyl (C=O) groups is 1. The number of aryl methyl sites for hydroxylation is 1. The van der Waals surface area contributed by atoms with Gasteiger partial charge in [-0.1, -0.05) is 44.4 Å². The number of hydrogen-bond acceptors (Lipinski definition) is 7. The molecule has 1 aliphatic carbocycles. The molecule has 0 aromatic heterocycles. The molecule has 7 rings (SSSR count). The molecule has 4 aliphatic heterocycles. The van der Waals surface area contributed by atoms with Crippen molar-refractivity contribution < 1.29 is 23.2 Å². The first-order chi connectivity index (χ1) is 23.2. The Morgan fingerprint density at radius 2 is 1.71 bits per heavy atom. The van der Waals surface area contributed by atoms with E-state index >= 15 is 0 Å².